The van der Waals surface area contributed by atoms with E-state index < -0.39 is 11.9 Å². The third-order valence-corrected chi connectivity index (χ3v) is 6.21. The highest BCUT2D eigenvalue weighted by molar-refractivity contribution is 6.99. The van der Waals surface area contributed by atoms with E-state index in [-0.39, 0.29) is 5.92 Å². The molecule has 0 saturated carbocycles. The van der Waals surface area contributed by atoms with Crippen molar-refractivity contribution in [1.82, 2.24) is 8.75 Å². The van der Waals surface area contributed by atoms with Gasteiger partial charge in [0.1, 0.15) is 12.2 Å². The third kappa shape index (κ3) is 6.67. The molecule has 0 spiro atoms. The maximum atomic E-state index is 12.2. The average Bonchev–Trinajstić information content (AvgIpc) is 3.14. The summed E-state index contributed by atoms with van der Waals surface area (Å²) in [7, 11) is 2.10. The Morgan fingerprint density at radius 1 is 1.27 bits per heavy atom. The Hall–Kier alpha value is -1.67. The van der Waals surface area contributed by atoms with Crippen molar-refractivity contribution >= 4 is 23.5 Å². The van der Waals surface area contributed by atoms with Gasteiger partial charge in [0.25, 0.3) is 5.88 Å². The van der Waals surface area contributed by atoms with Crippen LogP contribution >= 0.6 is 11.7 Å². The van der Waals surface area contributed by atoms with Crippen LogP contribution in [0, 0.1) is 5.92 Å². The summed E-state index contributed by atoms with van der Waals surface area (Å²) in [5, 5.41) is 0. The highest BCUT2D eigenvalue weighted by Crippen LogP contribution is 2.35. The van der Waals surface area contributed by atoms with Crippen LogP contribution in [0.25, 0.3) is 5.57 Å². The lowest BCUT2D eigenvalue weighted by Gasteiger charge is -2.47. The molecule has 2 heterocycles. The lowest BCUT2D eigenvalue weighted by molar-refractivity contribution is -0.971. The second-order valence-corrected chi connectivity index (χ2v) is 9.65. The fourth-order valence-corrected chi connectivity index (χ4v) is 3.95. The zero-order valence-electron chi connectivity index (χ0n) is 19.4. The second-order valence-electron chi connectivity index (χ2n) is 9.13. The zero-order chi connectivity index (χ0) is 22.2. The van der Waals surface area contributed by atoms with E-state index in [1.54, 1.807) is 0 Å². The molecule has 1 aliphatic heterocycles. The van der Waals surface area contributed by atoms with Gasteiger partial charge in [-0.1, -0.05) is 46.1 Å². The Bertz CT molecular complexity index is 717. The molecule has 0 bridgehead atoms. The van der Waals surface area contributed by atoms with Crippen molar-refractivity contribution in [2.45, 2.75) is 72.4 Å². The minimum absolute atomic E-state index is 0.271. The lowest BCUT2D eigenvalue weighted by Crippen LogP contribution is -2.62. The summed E-state index contributed by atoms with van der Waals surface area (Å²) >= 11 is 1.18. The van der Waals surface area contributed by atoms with Crippen molar-refractivity contribution in [3.8, 4) is 5.88 Å². The van der Waals surface area contributed by atoms with E-state index in [4.69, 9.17) is 14.2 Å². The molecule has 1 aromatic rings. The van der Waals surface area contributed by atoms with Crippen LogP contribution in [0.15, 0.2) is 6.08 Å². The summed E-state index contributed by atoms with van der Waals surface area (Å²) in [5.74, 6) is 0.888. The molecule has 0 aromatic carbocycles. The fraction of sp³-hybridized carbons (Fsp3) is 0.773. The molecule has 1 unspecified atom stereocenters. The molecule has 0 aliphatic carbocycles. The number of ether oxygens (including phenoxy) is 3. The summed E-state index contributed by atoms with van der Waals surface area (Å²) in [4.78, 5) is 12.2. The molecule has 170 valence electrons. The Kier molecular flexibility index (Phi) is 9.09. The molecule has 1 aromatic heterocycles. The predicted molar refractivity (Wildman–Crippen MR) is 119 cm³/mol. The highest BCUT2D eigenvalue weighted by atomic mass is 32.1. The standard InChI is InChI=1S/C22H38N3O4S/c1-7-8-9-10-14-27-20-19(23-30-24-20)18-12-11-13-25(6,15-18)22(4,5)29-21(26)28-16-17(2)3/h12,17H,7-11,13-16H2,1-6H3/q+1. The summed E-state index contributed by atoms with van der Waals surface area (Å²) < 4.78 is 26.3. The average molecular weight is 441 g/mol. The summed E-state index contributed by atoms with van der Waals surface area (Å²) in [6.45, 7) is 12.6. The Balaban J connectivity index is 2.02. The minimum atomic E-state index is -0.738. The molecule has 7 nitrogen and oxygen atoms in total. The van der Waals surface area contributed by atoms with Gasteiger partial charge in [-0.25, -0.2) is 4.79 Å². The number of hydrogen-bond donors (Lipinski definition) is 0. The first-order valence-corrected chi connectivity index (χ1v) is 11.8. The number of carbonyl (C=O) groups is 1. The number of unbranched alkanes of at least 4 members (excludes halogenated alkanes) is 3. The minimum Gasteiger partial charge on any atom is -0.475 e. The number of carbonyl (C=O) groups excluding carboxylic acids is 1. The van der Waals surface area contributed by atoms with E-state index in [9.17, 15) is 4.79 Å². The second kappa shape index (κ2) is 11.1. The van der Waals surface area contributed by atoms with Gasteiger partial charge in [-0.05, 0) is 12.3 Å². The van der Waals surface area contributed by atoms with Gasteiger partial charge < -0.3 is 14.2 Å². The number of hydrogen-bond acceptors (Lipinski definition) is 7. The molecule has 0 radical (unpaired) electrons. The van der Waals surface area contributed by atoms with E-state index in [1.165, 1.54) is 31.0 Å². The quantitative estimate of drug-likeness (QED) is 0.265. The van der Waals surface area contributed by atoms with E-state index in [0.717, 1.165) is 30.7 Å². The Morgan fingerprint density at radius 3 is 2.73 bits per heavy atom. The molecular weight excluding hydrogens is 402 g/mol. The monoisotopic (exact) mass is 440 g/mol. The van der Waals surface area contributed by atoms with Crippen LogP contribution < -0.4 is 4.74 Å². The fourth-order valence-electron chi connectivity index (χ4n) is 3.42. The van der Waals surface area contributed by atoms with E-state index in [2.05, 4.69) is 28.8 Å². The third-order valence-electron chi connectivity index (χ3n) is 5.70. The van der Waals surface area contributed by atoms with Gasteiger partial charge in [-0.2, -0.15) is 4.37 Å². The first kappa shape index (κ1) is 24.6. The predicted octanol–water partition coefficient (Wildman–Crippen LogP) is 5.28. The molecular formula is C22H38N3O4S+. The van der Waals surface area contributed by atoms with Gasteiger partial charge in [0.05, 0.1) is 38.5 Å². The Morgan fingerprint density at radius 2 is 2.03 bits per heavy atom. The molecule has 2 rings (SSSR count). The van der Waals surface area contributed by atoms with Crippen LogP contribution in [0.3, 0.4) is 0 Å². The SMILES string of the molecule is CCCCCCOc1nsnc1C1=CCC[N+](C)(C(C)(C)OC(=O)OCC(C)C)C1. The van der Waals surface area contributed by atoms with Crippen molar-refractivity contribution in [3.63, 3.8) is 0 Å². The van der Waals surface area contributed by atoms with Gasteiger partial charge >= 0.3 is 6.16 Å². The summed E-state index contributed by atoms with van der Waals surface area (Å²) in [6, 6.07) is 0. The van der Waals surface area contributed by atoms with E-state index >= 15 is 0 Å². The van der Waals surface area contributed by atoms with Gasteiger partial charge in [0.2, 0.25) is 5.72 Å². The topological polar surface area (TPSA) is 70.5 Å². The summed E-state index contributed by atoms with van der Waals surface area (Å²) in [5.41, 5.74) is 1.17. The maximum absolute atomic E-state index is 12.2. The van der Waals surface area contributed by atoms with Crippen molar-refractivity contribution < 1.29 is 23.5 Å². The molecule has 0 saturated heterocycles. The number of likely N-dealkylation sites (N-methyl/N-ethyl adjacent to an activating group) is 1. The number of aromatic nitrogens is 2. The van der Waals surface area contributed by atoms with Gasteiger partial charge in [-0.3, -0.25) is 4.48 Å². The van der Waals surface area contributed by atoms with Crippen LogP contribution in [-0.4, -0.2) is 58.5 Å². The molecule has 0 fully saturated rings. The van der Waals surface area contributed by atoms with Gasteiger partial charge in [0.15, 0.2) is 0 Å². The smallest absolute Gasteiger partial charge is 0.475 e. The van der Waals surface area contributed by atoms with Crippen molar-refractivity contribution in [3.05, 3.63) is 11.8 Å². The normalized spacial score (nSPS) is 19.5. The van der Waals surface area contributed by atoms with E-state index in [0.29, 0.717) is 30.1 Å². The van der Waals surface area contributed by atoms with Crippen LogP contribution in [0.5, 0.6) is 5.88 Å². The molecule has 1 atom stereocenters. The zero-order valence-corrected chi connectivity index (χ0v) is 20.2. The molecule has 0 N–H and O–H groups in total. The van der Waals surface area contributed by atoms with Crippen molar-refractivity contribution in [2.75, 3.05) is 33.4 Å². The van der Waals surface area contributed by atoms with Crippen LogP contribution in [-0.2, 0) is 9.47 Å². The van der Waals surface area contributed by atoms with Gasteiger partial charge in [-0.15, -0.1) is 4.37 Å². The summed E-state index contributed by atoms with van der Waals surface area (Å²) in [6.07, 6.45) is 7.07. The number of rotatable bonds is 11. The molecule has 8 heteroatoms. The maximum Gasteiger partial charge on any atom is 0.513 e. The van der Waals surface area contributed by atoms with Crippen LogP contribution in [0.2, 0.25) is 0 Å². The lowest BCUT2D eigenvalue weighted by atomic mass is 10.0. The molecule has 30 heavy (non-hydrogen) atoms. The first-order valence-electron chi connectivity index (χ1n) is 11.0. The largest absolute Gasteiger partial charge is 0.513 e. The number of nitrogens with zero attached hydrogens (tertiary/aromatic N) is 3. The number of quaternary nitrogens is 1. The van der Waals surface area contributed by atoms with Crippen LogP contribution in [0.4, 0.5) is 4.79 Å². The first-order chi connectivity index (χ1) is 14.2. The van der Waals surface area contributed by atoms with Crippen molar-refractivity contribution in [1.29, 1.82) is 0 Å². The highest BCUT2D eigenvalue weighted by Gasteiger charge is 2.46. The molecule has 0 amide bonds. The van der Waals surface area contributed by atoms with E-state index in [1.807, 2.05) is 27.7 Å². The van der Waals surface area contributed by atoms with Crippen LogP contribution in [0.1, 0.15) is 72.4 Å². The van der Waals surface area contributed by atoms with Crippen molar-refractivity contribution in [2.24, 2.45) is 5.92 Å². The molecule has 1 aliphatic rings. The van der Waals surface area contributed by atoms with Gasteiger partial charge in [0, 0.05) is 25.8 Å². The Labute approximate surface area is 185 Å².